The lowest BCUT2D eigenvalue weighted by Crippen LogP contribution is -2.70. The summed E-state index contributed by atoms with van der Waals surface area (Å²) in [5.74, 6) is -3.46. The first-order valence-corrected chi connectivity index (χ1v) is 14.2. The Bertz CT molecular complexity index is 1380. The Morgan fingerprint density at radius 2 is 1.87 bits per heavy atom. The van der Waals surface area contributed by atoms with Gasteiger partial charge in [0, 0.05) is 16.7 Å². The number of carbonyl (C=O) groups is 2. The summed E-state index contributed by atoms with van der Waals surface area (Å²) in [6.07, 6.45) is -0.275. The molecule has 0 amide bonds. The number of allylic oxidation sites excluding steroid dienone is 4. The van der Waals surface area contributed by atoms with Gasteiger partial charge in [-0.1, -0.05) is 24.8 Å². The van der Waals surface area contributed by atoms with Gasteiger partial charge in [-0.3, -0.25) is 9.59 Å². The van der Waals surface area contributed by atoms with Crippen molar-refractivity contribution in [2.45, 2.75) is 95.1 Å². The number of halogens is 2. The second-order valence-corrected chi connectivity index (χ2v) is 13.4. The van der Waals surface area contributed by atoms with Crippen molar-refractivity contribution in [1.29, 1.82) is 0 Å². The molecule has 0 radical (unpaired) electrons. The number of fused-ring (bicyclic) bond motifs is 7. The molecule has 0 bridgehead atoms. The van der Waals surface area contributed by atoms with Crippen LogP contribution in [0.15, 0.2) is 37.4 Å². The van der Waals surface area contributed by atoms with Gasteiger partial charge in [-0.05, 0) is 70.6 Å². The Labute approximate surface area is 228 Å². The minimum Gasteiger partial charge on any atom is -0.396 e. The maximum atomic E-state index is 17.5. The van der Waals surface area contributed by atoms with Gasteiger partial charge in [0.25, 0.3) is 0 Å². The van der Waals surface area contributed by atoms with E-state index in [9.17, 15) is 19.5 Å². The summed E-state index contributed by atoms with van der Waals surface area (Å²) in [6.45, 7) is 8.29. The third kappa shape index (κ3) is 3.36. The third-order valence-electron chi connectivity index (χ3n) is 10.1. The van der Waals surface area contributed by atoms with Crippen LogP contribution in [0.1, 0.15) is 58.5 Å². The fourth-order valence-corrected chi connectivity index (χ4v) is 9.54. The van der Waals surface area contributed by atoms with Gasteiger partial charge >= 0.3 is 5.82 Å². The molecule has 11 heteroatoms. The van der Waals surface area contributed by atoms with E-state index in [0.717, 1.165) is 17.8 Å². The van der Waals surface area contributed by atoms with Crippen LogP contribution in [0, 0.1) is 29.6 Å². The second kappa shape index (κ2) is 8.24. The lowest BCUT2D eigenvalue weighted by atomic mass is 9.44. The highest BCUT2D eigenvalue weighted by Gasteiger charge is 2.80. The number of ketones is 1. The number of aliphatic hydroxyl groups is 1. The van der Waals surface area contributed by atoms with Crippen molar-refractivity contribution in [2.24, 2.45) is 22.7 Å². The molecule has 4 fully saturated rings. The van der Waals surface area contributed by atoms with Gasteiger partial charge in [-0.25, -0.2) is 13.6 Å². The molecule has 6 rings (SSSR count). The van der Waals surface area contributed by atoms with E-state index >= 15 is 8.78 Å². The third-order valence-corrected chi connectivity index (χ3v) is 11.1. The standard InChI is InChI=1S/C28H32F2O8S/c1-13-19(36-23(34)35-13)12-39-22(33)28-21(37-24(2,3)38-28)10-15-16-9-18(29)17-8-14(31)6-7-25(17,4)27(16,30)20(32)11-26(15,28)5/h6-8,15-16,18,20-21,32H,9-12H2,1-5H3/t15-,16-,18-,20-,21+,25-,26-,27-,28-/m0/s1. The predicted octanol–water partition coefficient (Wildman–Crippen LogP) is 4.12. The molecule has 8 nitrogen and oxygen atoms in total. The molecule has 3 saturated carbocycles. The lowest BCUT2D eigenvalue weighted by Gasteiger charge is -2.63. The van der Waals surface area contributed by atoms with Crippen LogP contribution < -0.4 is 5.82 Å². The Hall–Kier alpha value is -2.08. The summed E-state index contributed by atoms with van der Waals surface area (Å²) in [5, 5.41) is 11.2. The van der Waals surface area contributed by atoms with Crippen LogP contribution >= 0.6 is 11.8 Å². The van der Waals surface area contributed by atoms with Gasteiger partial charge in [0.1, 0.15) is 11.9 Å². The maximum Gasteiger partial charge on any atom is 0.519 e. The van der Waals surface area contributed by atoms with E-state index in [1.165, 1.54) is 19.1 Å². The minimum atomic E-state index is -2.27. The first-order valence-electron chi connectivity index (χ1n) is 13.2. The molecule has 0 aromatic carbocycles. The Kier molecular flexibility index (Phi) is 5.73. The van der Waals surface area contributed by atoms with Crippen LogP contribution in [-0.4, -0.2) is 51.4 Å². The topological polar surface area (TPSA) is 116 Å². The van der Waals surface area contributed by atoms with Crippen LogP contribution in [0.25, 0.3) is 0 Å². The lowest BCUT2D eigenvalue weighted by molar-refractivity contribution is -0.246. The number of rotatable bonds is 3. The monoisotopic (exact) mass is 566 g/mol. The number of thioether (sulfide) groups is 1. The van der Waals surface area contributed by atoms with E-state index in [0.29, 0.717) is 0 Å². The average molecular weight is 567 g/mol. The van der Waals surface area contributed by atoms with E-state index in [2.05, 4.69) is 0 Å². The fourth-order valence-electron chi connectivity index (χ4n) is 8.40. The Morgan fingerprint density at radius 3 is 2.54 bits per heavy atom. The normalized spacial score (nSPS) is 45.8. The van der Waals surface area contributed by atoms with E-state index in [1.807, 2.05) is 0 Å². The van der Waals surface area contributed by atoms with Crippen LogP contribution in [-0.2, 0) is 24.8 Å². The molecular formula is C28H32F2O8S. The molecule has 212 valence electrons. The Balaban J connectivity index is 1.41. The van der Waals surface area contributed by atoms with Gasteiger partial charge in [0.2, 0.25) is 5.12 Å². The van der Waals surface area contributed by atoms with E-state index in [4.69, 9.17) is 18.3 Å². The highest BCUT2D eigenvalue weighted by Crippen LogP contribution is 2.73. The van der Waals surface area contributed by atoms with E-state index < -0.39 is 74.8 Å². The Morgan fingerprint density at radius 1 is 1.15 bits per heavy atom. The van der Waals surface area contributed by atoms with Gasteiger partial charge in [-0.2, -0.15) is 0 Å². The molecule has 1 aromatic heterocycles. The first-order chi connectivity index (χ1) is 18.1. The molecule has 5 aliphatic rings. The zero-order valence-electron chi connectivity index (χ0n) is 22.4. The number of aliphatic hydroxyl groups excluding tert-OH is 1. The molecule has 1 aromatic rings. The molecule has 0 spiro atoms. The molecule has 9 atom stereocenters. The van der Waals surface area contributed by atoms with Crippen molar-refractivity contribution in [3.05, 3.63) is 45.9 Å². The minimum absolute atomic E-state index is 0.00600. The van der Waals surface area contributed by atoms with Crippen molar-refractivity contribution in [2.75, 3.05) is 0 Å². The summed E-state index contributed by atoms with van der Waals surface area (Å²) < 4.78 is 55.8. The van der Waals surface area contributed by atoms with Crippen molar-refractivity contribution in [3.63, 3.8) is 0 Å². The summed E-state index contributed by atoms with van der Waals surface area (Å²) in [4.78, 5) is 37.7. The molecule has 4 aliphatic carbocycles. The van der Waals surface area contributed by atoms with Crippen LogP contribution in [0.4, 0.5) is 8.78 Å². The highest BCUT2D eigenvalue weighted by molar-refractivity contribution is 8.13. The van der Waals surface area contributed by atoms with Crippen LogP contribution in [0.5, 0.6) is 0 Å². The van der Waals surface area contributed by atoms with E-state index in [1.54, 1.807) is 27.7 Å². The van der Waals surface area contributed by atoms with Crippen molar-refractivity contribution < 1.29 is 41.8 Å². The molecule has 1 saturated heterocycles. The molecule has 39 heavy (non-hydrogen) atoms. The van der Waals surface area contributed by atoms with Gasteiger partial charge in [0.15, 0.2) is 28.6 Å². The quantitative estimate of drug-likeness (QED) is 0.577. The number of ether oxygens (including phenoxy) is 2. The number of aryl methyl sites for hydroxylation is 1. The summed E-state index contributed by atoms with van der Waals surface area (Å²) in [7, 11) is 0. The fraction of sp³-hybridized carbons (Fsp3) is 0.679. The van der Waals surface area contributed by atoms with Gasteiger partial charge < -0.3 is 23.4 Å². The average Bonchev–Trinajstić information content (AvgIpc) is 3.40. The van der Waals surface area contributed by atoms with Crippen LogP contribution in [0.2, 0.25) is 0 Å². The zero-order chi connectivity index (χ0) is 28.3. The highest BCUT2D eigenvalue weighted by atomic mass is 32.2. The molecule has 1 N–H and O–H groups in total. The molecule has 0 unspecified atom stereocenters. The molecule has 1 aliphatic heterocycles. The summed E-state index contributed by atoms with van der Waals surface area (Å²) in [6, 6.07) is 0. The molecule has 2 heterocycles. The largest absolute Gasteiger partial charge is 0.519 e. The summed E-state index contributed by atoms with van der Waals surface area (Å²) >= 11 is 0.881. The van der Waals surface area contributed by atoms with E-state index in [-0.39, 0.29) is 42.1 Å². The molecular weight excluding hydrogens is 534 g/mol. The maximum absolute atomic E-state index is 17.5. The van der Waals surface area contributed by atoms with Crippen molar-refractivity contribution >= 4 is 22.7 Å². The second-order valence-electron chi connectivity index (χ2n) is 12.4. The first kappa shape index (κ1) is 27.1. The van der Waals surface area contributed by atoms with Crippen molar-refractivity contribution in [3.8, 4) is 0 Å². The zero-order valence-corrected chi connectivity index (χ0v) is 23.2. The van der Waals surface area contributed by atoms with Gasteiger partial charge in [-0.15, -0.1) is 0 Å². The predicted molar refractivity (Wildman–Crippen MR) is 135 cm³/mol. The number of alkyl halides is 2. The number of hydrogen-bond acceptors (Lipinski definition) is 9. The van der Waals surface area contributed by atoms with Crippen molar-refractivity contribution in [1.82, 2.24) is 0 Å². The number of carbonyl (C=O) groups excluding carboxylic acids is 2. The number of hydrogen-bond donors (Lipinski definition) is 1. The smallest absolute Gasteiger partial charge is 0.396 e. The van der Waals surface area contributed by atoms with Gasteiger partial charge in [0.05, 0.1) is 18.0 Å². The van der Waals surface area contributed by atoms with Crippen LogP contribution in [0.3, 0.4) is 0 Å². The SMILES string of the molecule is Cc1oc(=O)oc1CSC(=O)[C@@]12OC(C)(C)O[C@@H]1C[C@H]1[C@@H]3C[C@H](F)C4=CC(=O)C=C[C@]4(C)[C@@]3(F)[C@@H](O)C[C@@]12C. The summed E-state index contributed by atoms with van der Waals surface area (Å²) in [5.41, 5.74) is -6.42.